The molecule has 0 aromatic heterocycles. The number of halogens is 2. The van der Waals surface area contributed by atoms with Crippen molar-refractivity contribution in [2.24, 2.45) is 0 Å². The van der Waals surface area contributed by atoms with Crippen LogP contribution >= 0.6 is 11.6 Å². The number of allylic oxidation sites excluding steroid dienone is 1. The molecule has 0 bridgehead atoms. The number of aliphatic hydroxyl groups excluding tert-OH is 1. The van der Waals surface area contributed by atoms with Gasteiger partial charge in [0.1, 0.15) is 5.82 Å². The molecule has 3 heteroatoms. The SMILES string of the molecule is C=CCCC(O)c1ccc(Cl)c(F)c1. The molecule has 0 aliphatic heterocycles. The van der Waals surface area contributed by atoms with Gasteiger partial charge in [-0.05, 0) is 30.5 Å². The predicted molar refractivity (Wildman–Crippen MR) is 55.8 cm³/mol. The minimum absolute atomic E-state index is 0.0738. The van der Waals surface area contributed by atoms with Gasteiger partial charge in [-0.25, -0.2) is 4.39 Å². The third-order valence-electron chi connectivity index (χ3n) is 1.97. The van der Waals surface area contributed by atoms with E-state index in [2.05, 4.69) is 6.58 Å². The molecule has 0 saturated heterocycles. The molecular formula is C11H12ClFO. The van der Waals surface area contributed by atoms with Gasteiger partial charge in [-0.3, -0.25) is 0 Å². The van der Waals surface area contributed by atoms with Gasteiger partial charge < -0.3 is 5.11 Å². The third kappa shape index (κ3) is 2.82. The summed E-state index contributed by atoms with van der Waals surface area (Å²) in [5.74, 6) is -0.498. The Balaban J connectivity index is 2.75. The van der Waals surface area contributed by atoms with Crippen molar-refractivity contribution in [1.82, 2.24) is 0 Å². The van der Waals surface area contributed by atoms with Gasteiger partial charge in [-0.15, -0.1) is 6.58 Å². The lowest BCUT2D eigenvalue weighted by atomic mass is 10.1. The van der Waals surface area contributed by atoms with E-state index in [1.165, 1.54) is 12.1 Å². The van der Waals surface area contributed by atoms with Crippen LogP contribution in [-0.4, -0.2) is 5.11 Å². The van der Waals surface area contributed by atoms with Gasteiger partial charge in [0.2, 0.25) is 0 Å². The summed E-state index contributed by atoms with van der Waals surface area (Å²) < 4.78 is 13.0. The number of hydrogen-bond acceptors (Lipinski definition) is 1. The lowest BCUT2D eigenvalue weighted by molar-refractivity contribution is 0.168. The average molecular weight is 215 g/mol. The molecule has 1 aromatic carbocycles. The molecule has 0 heterocycles. The fourth-order valence-corrected chi connectivity index (χ4v) is 1.28. The molecule has 14 heavy (non-hydrogen) atoms. The van der Waals surface area contributed by atoms with E-state index < -0.39 is 11.9 Å². The van der Waals surface area contributed by atoms with Crippen LogP contribution in [0.1, 0.15) is 24.5 Å². The molecule has 76 valence electrons. The van der Waals surface area contributed by atoms with Gasteiger partial charge in [-0.1, -0.05) is 23.7 Å². The van der Waals surface area contributed by atoms with Crippen LogP contribution < -0.4 is 0 Å². The standard InChI is InChI=1S/C11H12ClFO/c1-2-3-4-11(14)8-5-6-9(12)10(13)7-8/h2,5-7,11,14H,1,3-4H2. The highest BCUT2D eigenvalue weighted by Crippen LogP contribution is 2.22. The second kappa shape index (κ2) is 5.13. The normalized spacial score (nSPS) is 12.5. The summed E-state index contributed by atoms with van der Waals surface area (Å²) in [4.78, 5) is 0. The van der Waals surface area contributed by atoms with E-state index in [9.17, 15) is 9.50 Å². The molecule has 0 spiro atoms. The van der Waals surface area contributed by atoms with Gasteiger partial charge in [0.05, 0.1) is 11.1 Å². The van der Waals surface area contributed by atoms with Gasteiger partial charge in [0.15, 0.2) is 0 Å². The Kier molecular flexibility index (Phi) is 4.11. The summed E-state index contributed by atoms with van der Waals surface area (Å²) >= 11 is 5.52. The van der Waals surface area contributed by atoms with E-state index >= 15 is 0 Å². The van der Waals surface area contributed by atoms with Gasteiger partial charge in [0.25, 0.3) is 0 Å². The molecular weight excluding hydrogens is 203 g/mol. The molecule has 1 N–H and O–H groups in total. The third-order valence-corrected chi connectivity index (χ3v) is 2.28. The summed E-state index contributed by atoms with van der Waals surface area (Å²) in [6, 6.07) is 4.33. The van der Waals surface area contributed by atoms with Crippen LogP contribution in [0.4, 0.5) is 4.39 Å². The quantitative estimate of drug-likeness (QED) is 0.761. The summed E-state index contributed by atoms with van der Waals surface area (Å²) in [5.41, 5.74) is 0.550. The van der Waals surface area contributed by atoms with Crippen LogP contribution in [0.15, 0.2) is 30.9 Å². The fourth-order valence-electron chi connectivity index (χ4n) is 1.16. The average Bonchev–Trinajstić information content (AvgIpc) is 2.18. The maximum Gasteiger partial charge on any atom is 0.142 e. The molecule has 0 saturated carbocycles. The Hall–Kier alpha value is -0.860. The maximum atomic E-state index is 13.0. The van der Waals surface area contributed by atoms with Crippen molar-refractivity contribution >= 4 is 11.6 Å². The molecule has 1 nitrogen and oxygen atoms in total. The van der Waals surface area contributed by atoms with Crippen molar-refractivity contribution in [3.05, 3.63) is 47.3 Å². The highest BCUT2D eigenvalue weighted by molar-refractivity contribution is 6.30. The van der Waals surface area contributed by atoms with E-state index in [1.807, 2.05) is 0 Å². The first kappa shape index (κ1) is 11.2. The zero-order chi connectivity index (χ0) is 10.6. The monoisotopic (exact) mass is 214 g/mol. The number of hydrogen-bond donors (Lipinski definition) is 1. The predicted octanol–water partition coefficient (Wildman–Crippen LogP) is 3.48. The molecule has 1 rings (SSSR count). The molecule has 1 unspecified atom stereocenters. The summed E-state index contributed by atoms with van der Waals surface area (Å²) in [6.45, 7) is 3.55. The van der Waals surface area contributed by atoms with Crippen LogP contribution in [0.25, 0.3) is 0 Å². The first-order valence-electron chi connectivity index (χ1n) is 4.39. The lowest BCUT2D eigenvalue weighted by Crippen LogP contribution is -1.97. The van der Waals surface area contributed by atoms with Crippen LogP contribution in [0.3, 0.4) is 0 Å². The molecule has 1 aromatic rings. The summed E-state index contributed by atoms with van der Waals surface area (Å²) in [5, 5.41) is 9.68. The first-order chi connectivity index (χ1) is 6.65. The van der Waals surface area contributed by atoms with Crippen LogP contribution in [0.2, 0.25) is 5.02 Å². The molecule has 1 atom stereocenters. The van der Waals surface area contributed by atoms with Crippen molar-refractivity contribution in [3.63, 3.8) is 0 Å². The second-order valence-corrected chi connectivity index (χ2v) is 3.46. The minimum atomic E-state index is -0.653. The maximum absolute atomic E-state index is 13.0. The van der Waals surface area contributed by atoms with Gasteiger partial charge >= 0.3 is 0 Å². The van der Waals surface area contributed by atoms with E-state index in [4.69, 9.17) is 11.6 Å². The van der Waals surface area contributed by atoms with E-state index in [0.29, 0.717) is 18.4 Å². The van der Waals surface area contributed by atoms with Crippen molar-refractivity contribution in [1.29, 1.82) is 0 Å². The van der Waals surface area contributed by atoms with E-state index in [-0.39, 0.29) is 5.02 Å². The Morgan fingerprint density at radius 1 is 1.57 bits per heavy atom. The van der Waals surface area contributed by atoms with Crippen LogP contribution in [0.5, 0.6) is 0 Å². The second-order valence-electron chi connectivity index (χ2n) is 3.06. The van der Waals surface area contributed by atoms with Gasteiger partial charge in [-0.2, -0.15) is 0 Å². The van der Waals surface area contributed by atoms with Gasteiger partial charge in [0, 0.05) is 0 Å². The largest absolute Gasteiger partial charge is 0.388 e. The van der Waals surface area contributed by atoms with E-state index in [0.717, 1.165) is 0 Å². The fraction of sp³-hybridized carbons (Fsp3) is 0.273. The number of benzene rings is 1. The highest BCUT2D eigenvalue weighted by Gasteiger charge is 2.08. The summed E-state index contributed by atoms with van der Waals surface area (Å²) in [6.07, 6.45) is 2.31. The Bertz CT molecular complexity index is 325. The number of rotatable bonds is 4. The van der Waals surface area contributed by atoms with Crippen molar-refractivity contribution in [2.45, 2.75) is 18.9 Å². The van der Waals surface area contributed by atoms with E-state index in [1.54, 1.807) is 12.1 Å². The minimum Gasteiger partial charge on any atom is -0.388 e. The Labute approximate surface area is 87.8 Å². The molecule has 0 aliphatic rings. The van der Waals surface area contributed by atoms with Crippen LogP contribution in [-0.2, 0) is 0 Å². The summed E-state index contributed by atoms with van der Waals surface area (Å²) in [7, 11) is 0. The van der Waals surface area contributed by atoms with Crippen molar-refractivity contribution in [2.75, 3.05) is 0 Å². The molecule has 0 aliphatic carbocycles. The molecule has 0 radical (unpaired) electrons. The zero-order valence-corrected chi connectivity index (χ0v) is 8.47. The topological polar surface area (TPSA) is 20.2 Å². The molecule has 0 fully saturated rings. The smallest absolute Gasteiger partial charge is 0.142 e. The number of aliphatic hydroxyl groups is 1. The van der Waals surface area contributed by atoms with Crippen LogP contribution in [0, 0.1) is 5.82 Å². The lowest BCUT2D eigenvalue weighted by Gasteiger charge is -2.09. The Morgan fingerprint density at radius 3 is 2.86 bits per heavy atom. The van der Waals surface area contributed by atoms with Crippen molar-refractivity contribution in [3.8, 4) is 0 Å². The first-order valence-corrected chi connectivity index (χ1v) is 4.77. The van der Waals surface area contributed by atoms with Crippen molar-refractivity contribution < 1.29 is 9.50 Å². The molecule has 0 amide bonds. The highest BCUT2D eigenvalue weighted by atomic mass is 35.5. The Morgan fingerprint density at radius 2 is 2.29 bits per heavy atom. The zero-order valence-electron chi connectivity index (χ0n) is 7.71.